The number of hydrogen-bond acceptors (Lipinski definition) is 5. The number of nitrogens with two attached hydrogens (primary N) is 1. The lowest BCUT2D eigenvalue weighted by Crippen LogP contribution is -2.40. The molecule has 2 unspecified atom stereocenters. The van der Waals surface area contributed by atoms with Crippen LogP contribution in [-0.4, -0.2) is 35.0 Å². The predicted octanol–water partition coefficient (Wildman–Crippen LogP) is -0.883. The molecule has 0 amide bonds. The second-order valence-corrected chi connectivity index (χ2v) is 4.85. The van der Waals surface area contributed by atoms with Crippen LogP contribution < -0.4 is 17.0 Å². The molecule has 106 valence electrons. The minimum atomic E-state index is -0.451. The highest BCUT2D eigenvalue weighted by Gasteiger charge is 2.34. The minimum absolute atomic E-state index is 0.186. The Labute approximate surface area is 110 Å². The highest BCUT2D eigenvalue weighted by molar-refractivity contribution is 5.03. The molecule has 1 fully saturated rings. The van der Waals surface area contributed by atoms with Crippen molar-refractivity contribution < 1.29 is 9.47 Å². The van der Waals surface area contributed by atoms with Gasteiger partial charge in [-0.15, -0.1) is 0 Å². The summed E-state index contributed by atoms with van der Waals surface area (Å²) in [6.07, 6.45) is 1.36. The number of ether oxygens (including phenoxy) is 2. The van der Waals surface area contributed by atoms with Crippen LogP contribution in [0, 0.1) is 6.92 Å². The van der Waals surface area contributed by atoms with Gasteiger partial charge in [0, 0.05) is 38.4 Å². The molecule has 1 aliphatic heterocycles. The van der Waals surface area contributed by atoms with Crippen molar-refractivity contribution >= 4 is 0 Å². The molecular formula is C12H19N3O4. The first-order chi connectivity index (χ1) is 8.95. The molecule has 3 atom stereocenters. The van der Waals surface area contributed by atoms with E-state index in [2.05, 4.69) is 0 Å². The van der Waals surface area contributed by atoms with E-state index in [9.17, 15) is 9.59 Å². The molecule has 0 aromatic carbocycles. The minimum Gasteiger partial charge on any atom is -0.382 e. The Bertz CT molecular complexity index is 577. The standard InChI is InChI=1S/C12H19N3O4/c1-7-5-15(12(17)14(2)11(7)16)10-4-8(13)9(19-10)6-18-3/h5,8-10H,4,6,13H2,1-3H3/t8?,9?,10-/m1/s1. The number of aryl methyl sites for hydroxylation is 1. The Balaban J connectivity index is 2.35. The maximum absolute atomic E-state index is 12.1. The van der Waals surface area contributed by atoms with Crippen molar-refractivity contribution in [3.63, 3.8) is 0 Å². The Morgan fingerprint density at radius 2 is 2.21 bits per heavy atom. The summed E-state index contributed by atoms with van der Waals surface area (Å²) in [4.78, 5) is 23.7. The lowest BCUT2D eigenvalue weighted by atomic mass is 10.1. The second-order valence-electron chi connectivity index (χ2n) is 4.85. The van der Waals surface area contributed by atoms with Crippen molar-refractivity contribution in [2.24, 2.45) is 12.8 Å². The van der Waals surface area contributed by atoms with Gasteiger partial charge >= 0.3 is 5.69 Å². The third kappa shape index (κ3) is 2.49. The Kier molecular flexibility index (Phi) is 3.88. The van der Waals surface area contributed by atoms with E-state index in [1.807, 2.05) is 0 Å². The molecule has 19 heavy (non-hydrogen) atoms. The molecule has 2 heterocycles. The van der Waals surface area contributed by atoms with Crippen LogP contribution in [0.1, 0.15) is 18.2 Å². The molecule has 2 rings (SSSR count). The first-order valence-corrected chi connectivity index (χ1v) is 6.14. The molecule has 0 spiro atoms. The molecule has 0 radical (unpaired) electrons. The number of aromatic nitrogens is 2. The number of methoxy groups -OCH3 is 1. The second kappa shape index (κ2) is 5.28. The average molecular weight is 269 g/mol. The van der Waals surface area contributed by atoms with Crippen molar-refractivity contribution in [1.82, 2.24) is 9.13 Å². The number of rotatable bonds is 3. The molecule has 0 saturated carbocycles. The van der Waals surface area contributed by atoms with Crippen LogP contribution in [-0.2, 0) is 16.5 Å². The van der Waals surface area contributed by atoms with E-state index in [0.717, 1.165) is 4.57 Å². The monoisotopic (exact) mass is 269 g/mol. The van der Waals surface area contributed by atoms with E-state index in [4.69, 9.17) is 15.2 Å². The van der Waals surface area contributed by atoms with E-state index in [0.29, 0.717) is 18.6 Å². The predicted molar refractivity (Wildman–Crippen MR) is 69.1 cm³/mol. The van der Waals surface area contributed by atoms with E-state index in [1.54, 1.807) is 14.0 Å². The van der Waals surface area contributed by atoms with E-state index < -0.39 is 11.9 Å². The number of hydrogen-bond donors (Lipinski definition) is 1. The zero-order valence-corrected chi connectivity index (χ0v) is 11.3. The Morgan fingerprint density at radius 1 is 1.53 bits per heavy atom. The summed E-state index contributed by atoms with van der Waals surface area (Å²) in [5.74, 6) is 0. The van der Waals surface area contributed by atoms with Gasteiger partial charge in [0.2, 0.25) is 0 Å². The van der Waals surface area contributed by atoms with Crippen molar-refractivity contribution in [2.75, 3.05) is 13.7 Å². The summed E-state index contributed by atoms with van der Waals surface area (Å²) in [5, 5.41) is 0. The SMILES string of the molecule is COCC1O[C@@H](n2cc(C)c(=O)n(C)c2=O)CC1N. The lowest BCUT2D eigenvalue weighted by molar-refractivity contribution is -0.0366. The normalized spacial score (nSPS) is 26.8. The quantitative estimate of drug-likeness (QED) is 0.769. The molecule has 2 N–H and O–H groups in total. The van der Waals surface area contributed by atoms with Gasteiger partial charge in [-0.05, 0) is 6.92 Å². The zero-order chi connectivity index (χ0) is 14.2. The van der Waals surface area contributed by atoms with Crippen molar-refractivity contribution in [2.45, 2.75) is 31.7 Å². The first-order valence-electron chi connectivity index (χ1n) is 6.14. The maximum Gasteiger partial charge on any atom is 0.332 e. The van der Waals surface area contributed by atoms with Crippen molar-refractivity contribution in [3.8, 4) is 0 Å². The van der Waals surface area contributed by atoms with Crippen LogP contribution >= 0.6 is 0 Å². The molecule has 1 saturated heterocycles. The van der Waals surface area contributed by atoms with Crippen LogP contribution in [0.2, 0.25) is 0 Å². The summed E-state index contributed by atoms with van der Waals surface area (Å²) >= 11 is 0. The third-order valence-electron chi connectivity index (χ3n) is 3.41. The van der Waals surface area contributed by atoms with Gasteiger partial charge in [0.05, 0.1) is 12.7 Å². The molecule has 0 aliphatic carbocycles. The van der Waals surface area contributed by atoms with Crippen LogP contribution in [0.15, 0.2) is 15.8 Å². The fraction of sp³-hybridized carbons (Fsp3) is 0.667. The molecule has 7 nitrogen and oxygen atoms in total. The molecular weight excluding hydrogens is 250 g/mol. The molecule has 1 aliphatic rings. The van der Waals surface area contributed by atoms with Crippen LogP contribution in [0.3, 0.4) is 0 Å². The van der Waals surface area contributed by atoms with Gasteiger partial charge in [-0.25, -0.2) is 4.79 Å². The van der Waals surface area contributed by atoms with Gasteiger partial charge in [-0.3, -0.25) is 13.9 Å². The summed E-state index contributed by atoms with van der Waals surface area (Å²) in [6.45, 7) is 2.05. The van der Waals surface area contributed by atoms with Crippen molar-refractivity contribution in [3.05, 3.63) is 32.6 Å². The molecule has 1 aromatic heterocycles. The summed E-state index contributed by atoms with van der Waals surface area (Å²) in [6, 6.07) is -0.186. The Morgan fingerprint density at radius 3 is 2.84 bits per heavy atom. The van der Waals surface area contributed by atoms with Crippen LogP contribution in [0.5, 0.6) is 0 Å². The highest BCUT2D eigenvalue weighted by Crippen LogP contribution is 2.26. The van der Waals surface area contributed by atoms with E-state index >= 15 is 0 Å². The van der Waals surface area contributed by atoms with Gasteiger partial charge in [0.15, 0.2) is 0 Å². The topological polar surface area (TPSA) is 88.5 Å². The molecule has 7 heteroatoms. The zero-order valence-electron chi connectivity index (χ0n) is 11.3. The molecule has 0 bridgehead atoms. The summed E-state index contributed by atoms with van der Waals surface area (Å²) in [5.41, 5.74) is 5.76. The largest absolute Gasteiger partial charge is 0.382 e. The first kappa shape index (κ1) is 14.0. The summed E-state index contributed by atoms with van der Waals surface area (Å²) < 4.78 is 13.3. The third-order valence-corrected chi connectivity index (χ3v) is 3.41. The van der Waals surface area contributed by atoms with Gasteiger partial charge < -0.3 is 15.2 Å². The average Bonchev–Trinajstić information content (AvgIpc) is 2.73. The van der Waals surface area contributed by atoms with Gasteiger partial charge in [0.25, 0.3) is 5.56 Å². The van der Waals surface area contributed by atoms with Crippen molar-refractivity contribution in [1.29, 1.82) is 0 Å². The van der Waals surface area contributed by atoms with E-state index in [1.165, 1.54) is 17.8 Å². The summed E-state index contributed by atoms with van der Waals surface area (Å²) in [7, 11) is 3.03. The fourth-order valence-corrected chi connectivity index (χ4v) is 2.30. The highest BCUT2D eigenvalue weighted by atomic mass is 16.5. The number of nitrogens with zero attached hydrogens (tertiary/aromatic N) is 2. The Hall–Kier alpha value is -1.44. The van der Waals surface area contributed by atoms with Gasteiger partial charge in [-0.1, -0.05) is 0 Å². The lowest BCUT2D eigenvalue weighted by Gasteiger charge is -2.17. The smallest absolute Gasteiger partial charge is 0.332 e. The van der Waals surface area contributed by atoms with E-state index in [-0.39, 0.29) is 17.7 Å². The molecule has 1 aromatic rings. The fourth-order valence-electron chi connectivity index (χ4n) is 2.30. The van der Waals surface area contributed by atoms with Gasteiger partial charge in [-0.2, -0.15) is 0 Å². The van der Waals surface area contributed by atoms with Crippen LogP contribution in [0.4, 0.5) is 0 Å². The maximum atomic E-state index is 12.1. The van der Waals surface area contributed by atoms with Gasteiger partial charge in [0.1, 0.15) is 6.23 Å². The van der Waals surface area contributed by atoms with Crippen LogP contribution in [0.25, 0.3) is 0 Å².